The van der Waals surface area contributed by atoms with Gasteiger partial charge in [-0.3, -0.25) is 4.68 Å². The van der Waals surface area contributed by atoms with Crippen molar-refractivity contribution in [3.8, 4) is 0 Å². The van der Waals surface area contributed by atoms with E-state index in [0.29, 0.717) is 19.4 Å². The Bertz CT molecular complexity index is 361. The quantitative estimate of drug-likeness (QED) is 0.785. The Balaban J connectivity index is 2.17. The van der Waals surface area contributed by atoms with Gasteiger partial charge in [-0.15, -0.1) is 0 Å². The highest BCUT2D eigenvalue weighted by Gasteiger charge is 2.40. The lowest BCUT2D eigenvalue weighted by atomic mass is 9.91. The number of hydrogen-bond acceptors (Lipinski definition) is 3. The van der Waals surface area contributed by atoms with Crippen LogP contribution in [0.5, 0.6) is 0 Å². The molecule has 0 radical (unpaired) electrons. The van der Waals surface area contributed by atoms with Crippen molar-refractivity contribution in [3.63, 3.8) is 0 Å². The first-order chi connectivity index (χ1) is 7.01. The monoisotopic (exact) mass is 210 g/mol. The average molecular weight is 210 g/mol. The van der Waals surface area contributed by atoms with Crippen molar-refractivity contribution in [2.24, 2.45) is 7.05 Å². The first kappa shape index (κ1) is 10.6. The van der Waals surface area contributed by atoms with Gasteiger partial charge < -0.3 is 9.84 Å². The van der Waals surface area contributed by atoms with Crippen LogP contribution in [0.2, 0.25) is 0 Å². The van der Waals surface area contributed by atoms with Crippen LogP contribution in [0.15, 0.2) is 6.07 Å². The van der Waals surface area contributed by atoms with E-state index in [1.807, 2.05) is 31.6 Å². The molecule has 2 rings (SSSR count). The van der Waals surface area contributed by atoms with E-state index in [2.05, 4.69) is 5.10 Å². The number of nitrogens with zero attached hydrogens (tertiary/aromatic N) is 2. The van der Waals surface area contributed by atoms with Gasteiger partial charge in [-0.25, -0.2) is 0 Å². The highest BCUT2D eigenvalue weighted by Crippen LogP contribution is 2.29. The molecule has 0 aromatic carbocycles. The van der Waals surface area contributed by atoms with Crippen LogP contribution in [0.4, 0.5) is 0 Å². The van der Waals surface area contributed by atoms with Gasteiger partial charge in [-0.05, 0) is 19.9 Å². The lowest BCUT2D eigenvalue weighted by Gasteiger charge is -2.25. The molecular formula is C11H18N2O2. The van der Waals surface area contributed by atoms with E-state index < -0.39 is 5.60 Å². The van der Waals surface area contributed by atoms with Crippen molar-refractivity contribution in [3.05, 3.63) is 17.5 Å². The maximum Gasteiger partial charge on any atom is 0.0982 e. The molecule has 2 unspecified atom stereocenters. The smallest absolute Gasteiger partial charge is 0.0982 e. The van der Waals surface area contributed by atoms with Crippen molar-refractivity contribution in [2.45, 2.75) is 38.4 Å². The molecule has 1 saturated heterocycles. The zero-order valence-corrected chi connectivity index (χ0v) is 9.53. The largest absolute Gasteiger partial charge is 0.387 e. The van der Waals surface area contributed by atoms with E-state index in [1.165, 1.54) is 0 Å². The fourth-order valence-corrected chi connectivity index (χ4v) is 2.15. The maximum atomic E-state index is 10.4. The summed E-state index contributed by atoms with van der Waals surface area (Å²) in [7, 11) is 1.91. The van der Waals surface area contributed by atoms with E-state index in [0.717, 1.165) is 11.4 Å². The van der Waals surface area contributed by atoms with Crippen molar-refractivity contribution >= 4 is 0 Å². The third kappa shape index (κ3) is 1.92. The van der Waals surface area contributed by atoms with E-state index >= 15 is 0 Å². The predicted octanol–water partition coefficient (Wildman–Crippen LogP) is 0.811. The minimum Gasteiger partial charge on any atom is -0.387 e. The Morgan fingerprint density at radius 3 is 2.93 bits per heavy atom. The Labute approximate surface area is 89.9 Å². The summed E-state index contributed by atoms with van der Waals surface area (Å²) < 4.78 is 7.24. The summed E-state index contributed by atoms with van der Waals surface area (Å²) in [6.07, 6.45) is 1.23. The number of hydrogen-bond donors (Lipinski definition) is 1. The second-order valence-electron chi connectivity index (χ2n) is 4.44. The Morgan fingerprint density at radius 2 is 2.47 bits per heavy atom. The first-order valence-electron chi connectivity index (χ1n) is 5.35. The molecular weight excluding hydrogens is 192 g/mol. The van der Waals surface area contributed by atoms with Crippen molar-refractivity contribution in [2.75, 3.05) is 6.61 Å². The summed E-state index contributed by atoms with van der Waals surface area (Å²) in [5.41, 5.74) is 1.33. The van der Waals surface area contributed by atoms with Gasteiger partial charge in [0.05, 0.1) is 17.4 Å². The number of aryl methyl sites for hydroxylation is 2. The number of aliphatic hydroxyl groups is 1. The van der Waals surface area contributed by atoms with Gasteiger partial charge in [0.25, 0.3) is 0 Å². The molecule has 0 aliphatic carbocycles. The lowest BCUT2D eigenvalue weighted by Crippen LogP contribution is -2.39. The molecule has 1 N–H and O–H groups in total. The van der Waals surface area contributed by atoms with Crippen LogP contribution in [0.25, 0.3) is 0 Å². The first-order valence-corrected chi connectivity index (χ1v) is 5.35. The summed E-state index contributed by atoms with van der Waals surface area (Å²) in [6, 6.07) is 2.02. The van der Waals surface area contributed by atoms with Crippen molar-refractivity contribution in [1.29, 1.82) is 0 Å². The van der Waals surface area contributed by atoms with Crippen LogP contribution < -0.4 is 0 Å². The standard InChI is InChI=1S/C11H18N2O2/c1-8-6-10(13(3)12-8)7-11(14)4-5-15-9(11)2/h6,9,14H,4-5,7H2,1-3H3. The minimum atomic E-state index is -0.722. The number of ether oxygens (including phenoxy) is 1. The van der Waals surface area contributed by atoms with Crippen molar-refractivity contribution < 1.29 is 9.84 Å². The third-order valence-electron chi connectivity index (χ3n) is 3.25. The minimum absolute atomic E-state index is 0.0901. The Kier molecular flexibility index (Phi) is 2.56. The summed E-state index contributed by atoms with van der Waals surface area (Å²) in [4.78, 5) is 0. The van der Waals surface area contributed by atoms with Gasteiger partial charge in [-0.2, -0.15) is 5.10 Å². The van der Waals surface area contributed by atoms with E-state index in [9.17, 15) is 5.11 Å². The second kappa shape index (κ2) is 3.61. The molecule has 4 nitrogen and oxygen atoms in total. The zero-order valence-electron chi connectivity index (χ0n) is 9.53. The summed E-state index contributed by atoms with van der Waals surface area (Å²) in [5.74, 6) is 0. The molecule has 4 heteroatoms. The van der Waals surface area contributed by atoms with E-state index in [-0.39, 0.29) is 6.10 Å². The van der Waals surface area contributed by atoms with E-state index in [4.69, 9.17) is 4.74 Å². The highest BCUT2D eigenvalue weighted by molar-refractivity contribution is 5.13. The van der Waals surface area contributed by atoms with Gasteiger partial charge in [0, 0.05) is 32.2 Å². The molecule has 0 saturated carbocycles. The van der Waals surface area contributed by atoms with Crippen LogP contribution >= 0.6 is 0 Å². The van der Waals surface area contributed by atoms with Gasteiger partial charge >= 0.3 is 0 Å². The molecule has 1 fully saturated rings. The zero-order chi connectivity index (χ0) is 11.1. The molecule has 15 heavy (non-hydrogen) atoms. The molecule has 1 aliphatic rings. The second-order valence-corrected chi connectivity index (χ2v) is 4.44. The molecule has 84 valence electrons. The average Bonchev–Trinajstić information content (AvgIpc) is 2.60. The Hall–Kier alpha value is -0.870. The highest BCUT2D eigenvalue weighted by atomic mass is 16.5. The van der Waals surface area contributed by atoms with E-state index in [1.54, 1.807) is 0 Å². The molecule has 0 bridgehead atoms. The van der Waals surface area contributed by atoms with Crippen LogP contribution in [0.3, 0.4) is 0 Å². The predicted molar refractivity (Wildman–Crippen MR) is 56.6 cm³/mol. The number of aromatic nitrogens is 2. The number of rotatable bonds is 2. The summed E-state index contributed by atoms with van der Waals surface area (Å²) >= 11 is 0. The van der Waals surface area contributed by atoms with Crippen LogP contribution in [-0.2, 0) is 18.2 Å². The molecule has 1 aromatic rings. The van der Waals surface area contributed by atoms with Crippen LogP contribution in [0, 0.1) is 6.92 Å². The fraction of sp³-hybridized carbons (Fsp3) is 0.727. The molecule has 0 spiro atoms. The van der Waals surface area contributed by atoms with Crippen LogP contribution in [-0.4, -0.2) is 33.2 Å². The third-order valence-corrected chi connectivity index (χ3v) is 3.25. The topological polar surface area (TPSA) is 47.3 Å². The maximum absolute atomic E-state index is 10.4. The summed E-state index contributed by atoms with van der Waals surface area (Å²) in [6.45, 7) is 4.53. The van der Waals surface area contributed by atoms with Gasteiger partial charge in [0.1, 0.15) is 0 Å². The lowest BCUT2D eigenvalue weighted by molar-refractivity contribution is -0.0279. The van der Waals surface area contributed by atoms with Crippen LogP contribution in [0.1, 0.15) is 24.7 Å². The molecule has 1 aliphatic heterocycles. The molecule has 0 amide bonds. The Morgan fingerprint density at radius 1 is 1.73 bits per heavy atom. The van der Waals surface area contributed by atoms with Crippen molar-refractivity contribution in [1.82, 2.24) is 9.78 Å². The molecule has 1 aromatic heterocycles. The molecule has 2 heterocycles. The SMILES string of the molecule is Cc1cc(CC2(O)CCOC2C)n(C)n1. The summed E-state index contributed by atoms with van der Waals surface area (Å²) in [5, 5.41) is 14.7. The molecule has 2 atom stereocenters. The normalized spacial score (nSPS) is 31.1. The van der Waals surface area contributed by atoms with Gasteiger partial charge in [0.15, 0.2) is 0 Å². The van der Waals surface area contributed by atoms with Gasteiger partial charge in [-0.1, -0.05) is 0 Å². The van der Waals surface area contributed by atoms with Gasteiger partial charge in [0.2, 0.25) is 0 Å². The fourth-order valence-electron chi connectivity index (χ4n) is 2.15.